The highest BCUT2D eigenvalue weighted by Crippen LogP contribution is 2.39. The van der Waals surface area contributed by atoms with Gasteiger partial charge in [0.2, 0.25) is 0 Å². The van der Waals surface area contributed by atoms with Crippen LogP contribution in [0.25, 0.3) is 0 Å². The molecule has 0 saturated heterocycles. The third-order valence-corrected chi connectivity index (χ3v) is 2.98. The molecule has 1 aromatic heterocycles. The number of anilines is 2. The zero-order valence-corrected chi connectivity index (χ0v) is 10.6. The SMILES string of the molecule is Fc1cc(F)cc(Nc2cc(Cl)nc(C3CC3)n2)c1. The Labute approximate surface area is 113 Å². The first-order valence-corrected chi connectivity index (χ1v) is 6.25. The second-order valence-corrected chi connectivity index (χ2v) is 4.88. The molecule has 3 nitrogen and oxygen atoms in total. The molecule has 1 aromatic carbocycles. The van der Waals surface area contributed by atoms with Crippen molar-refractivity contribution in [1.82, 2.24) is 9.97 Å². The minimum atomic E-state index is -0.648. The van der Waals surface area contributed by atoms with Gasteiger partial charge in [0.1, 0.15) is 28.4 Å². The van der Waals surface area contributed by atoms with Crippen molar-refractivity contribution in [1.29, 1.82) is 0 Å². The molecule has 0 atom stereocenters. The molecule has 0 bridgehead atoms. The standard InChI is InChI=1S/C13H10ClF2N3/c14-11-6-12(19-13(18-11)7-1-2-7)17-10-4-8(15)3-9(16)5-10/h3-7H,1-2H2,(H,17,18,19). The minimum absolute atomic E-state index is 0.286. The molecule has 0 unspecified atom stereocenters. The Morgan fingerprint density at radius 3 is 2.37 bits per heavy atom. The Hall–Kier alpha value is -1.75. The molecule has 0 radical (unpaired) electrons. The molecule has 0 spiro atoms. The lowest BCUT2D eigenvalue weighted by Gasteiger charge is -2.08. The summed E-state index contributed by atoms with van der Waals surface area (Å²) in [4.78, 5) is 8.44. The maximum absolute atomic E-state index is 13.1. The number of nitrogens with zero attached hydrogens (tertiary/aromatic N) is 2. The summed E-state index contributed by atoms with van der Waals surface area (Å²) in [6.45, 7) is 0. The third kappa shape index (κ3) is 2.98. The lowest BCUT2D eigenvalue weighted by atomic mass is 10.3. The van der Waals surface area contributed by atoms with Crippen molar-refractivity contribution >= 4 is 23.1 Å². The van der Waals surface area contributed by atoms with Crippen LogP contribution in [0, 0.1) is 11.6 Å². The van der Waals surface area contributed by atoms with Gasteiger partial charge in [-0.25, -0.2) is 18.7 Å². The molecule has 1 aliphatic rings. The van der Waals surface area contributed by atoms with Crippen LogP contribution in [-0.4, -0.2) is 9.97 Å². The van der Waals surface area contributed by atoms with Crippen molar-refractivity contribution < 1.29 is 8.78 Å². The molecule has 0 amide bonds. The highest BCUT2D eigenvalue weighted by atomic mass is 35.5. The molecule has 1 heterocycles. The van der Waals surface area contributed by atoms with Crippen LogP contribution in [0.4, 0.5) is 20.3 Å². The third-order valence-electron chi connectivity index (χ3n) is 2.79. The Morgan fingerprint density at radius 2 is 1.74 bits per heavy atom. The monoisotopic (exact) mass is 281 g/mol. The fourth-order valence-corrected chi connectivity index (χ4v) is 1.99. The molecule has 98 valence electrons. The van der Waals surface area contributed by atoms with Gasteiger partial charge in [-0.1, -0.05) is 11.6 Å². The number of halogens is 3. The average molecular weight is 282 g/mol. The first kappa shape index (κ1) is 12.3. The second kappa shape index (κ2) is 4.74. The summed E-state index contributed by atoms with van der Waals surface area (Å²) < 4.78 is 26.2. The van der Waals surface area contributed by atoms with Crippen molar-refractivity contribution in [2.45, 2.75) is 18.8 Å². The number of aromatic nitrogens is 2. The van der Waals surface area contributed by atoms with E-state index in [1.165, 1.54) is 18.2 Å². The van der Waals surface area contributed by atoms with Gasteiger partial charge in [-0.2, -0.15) is 0 Å². The normalized spacial score (nSPS) is 14.5. The summed E-state index contributed by atoms with van der Waals surface area (Å²) in [5.74, 6) is 0.164. The van der Waals surface area contributed by atoms with Crippen molar-refractivity contribution in [2.24, 2.45) is 0 Å². The van der Waals surface area contributed by atoms with Gasteiger partial charge in [-0.05, 0) is 25.0 Å². The summed E-state index contributed by atoms with van der Waals surface area (Å²) in [6.07, 6.45) is 2.10. The highest BCUT2D eigenvalue weighted by molar-refractivity contribution is 6.29. The smallest absolute Gasteiger partial charge is 0.135 e. The van der Waals surface area contributed by atoms with Gasteiger partial charge in [-0.3, -0.25) is 0 Å². The van der Waals surface area contributed by atoms with Gasteiger partial charge in [0.15, 0.2) is 0 Å². The van der Waals surface area contributed by atoms with Gasteiger partial charge in [0.25, 0.3) is 0 Å². The number of hydrogen-bond donors (Lipinski definition) is 1. The molecule has 1 saturated carbocycles. The molecule has 1 aliphatic carbocycles. The fourth-order valence-electron chi connectivity index (χ4n) is 1.80. The van der Waals surface area contributed by atoms with E-state index >= 15 is 0 Å². The molecule has 1 fully saturated rings. The molecular formula is C13H10ClF2N3. The van der Waals surface area contributed by atoms with Gasteiger partial charge < -0.3 is 5.32 Å². The summed E-state index contributed by atoms with van der Waals surface area (Å²) in [7, 11) is 0. The molecule has 3 rings (SSSR count). The maximum atomic E-state index is 13.1. The molecule has 0 aliphatic heterocycles. The summed E-state index contributed by atoms with van der Waals surface area (Å²) in [5, 5.41) is 3.15. The molecule has 6 heteroatoms. The Morgan fingerprint density at radius 1 is 1.05 bits per heavy atom. The number of hydrogen-bond acceptors (Lipinski definition) is 3. The Bertz CT molecular complexity index is 609. The average Bonchev–Trinajstić information content (AvgIpc) is 3.09. The van der Waals surface area contributed by atoms with E-state index in [2.05, 4.69) is 15.3 Å². The van der Waals surface area contributed by atoms with Crippen LogP contribution in [0.2, 0.25) is 5.15 Å². The van der Waals surface area contributed by atoms with Crippen LogP contribution >= 0.6 is 11.6 Å². The predicted octanol–water partition coefficient (Wildman–Crippen LogP) is 4.03. The Balaban J connectivity index is 1.89. The second-order valence-electron chi connectivity index (χ2n) is 4.49. The van der Waals surface area contributed by atoms with Gasteiger partial charge in [0, 0.05) is 23.7 Å². The quantitative estimate of drug-likeness (QED) is 0.863. The largest absolute Gasteiger partial charge is 0.340 e. The van der Waals surface area contributed by atoms with Crippen molar-refractivity contribution in [3.8, 4) is 0 Å². The molecule has 1 N–H and O–H groups in total. The van der Waals surface area contributed by atoms with E-state index in [9.17, 15) is 8.78 Å². The van der Waals surface area contributed by atoms with Crippen molar-refractivity contribution in [3.63, 3.8) is 0 Å². The fraction of sp³-hybridized carbons (Fsp3) is 0.231. The van der Waals surface area contributed by atoms with Gasteiger partial charge in [0.05, 0.1) is 0 Å². The van der Waals surface area contributed by atoms with Crippen LogP contribution < -0.4 is 5.32 Å². The Kier molecular flexibility index (Phi) is 3.06. The number of rotatable bonds is 3. The number of benzene rings is 1. The van der Waals surface area contributed by atoms with E-state index in [1.54, 1.807) is 0 Å². The maximum Gasteiger partial charge on any atom is 0.135 e. The van der Waals surface area contributed by atoms with Crippen LogP contribution in [0.1, 0.15) is 24.6 Å². The first-order chi connectivity index (χ1) is 9.10. The number of nitrogens with one attached hydrogen (secondary N) is 1. The van der Waals surface area contributed by atoms with E-state index < -0.39 is 11.6 Å². The zero-order chi connectivity index (χ0) is 13.4. The van der Waals surface area contributed by atoms with Crippen molar-refractivity contribution in [2.75, 3.05) is 5.32 Å². The van der Waals surface area contributed by atoms with Gasteiger partial charge >= 0.3 is 0 Å². The van der Waals surface area contributed by atoms with E-state index in [0.717, 1.165) is 18.9 Å². The molecule has 19 heavy (non-hydrogen) atoms. The lowest BCUT2D eigenvalue weighted by molar-refractivity contribution is 0.584. The predicted molar refractivity (Wildman–Crippen MR) is 68.7 cm³/mol. The summed E-state index contributed by atoms with van der Waals surface area (Å²) in [5.41, 5.74) is 0.286. The van der Waals surface area contributed by atoms with Crippen LogP contribution in [-0.2, 0) is 0 Å². The van der Waals surface area contributed by atoms with E-state index in [0.29, 0.717) is 22.7 Å². The van der Waals surface area contributed by atoms with Crippen molar-refractivity contribution in [3.05, 3.63) is 46.9 Å². The summed E-state index contributed by atoms with van der Waals surface area (Å²) >= 11 is 5.91. The zero-order valence-electron chi connectivity index (χ0n) is 9.83. The topological polar surface area (TPSA) is 37.8 Å². The highest BCUT2D eigenvalue weighted by Gasteiger charge is 2.27. The van der Waals surface area contributed by atoms with Crippen LogP contribution in [0.15, 0.2) is 24.3 Å². The minimum Gasteiger partial charge on any atom is -0.340 e. The van der Waals surface area contributed by atoms with Crippen LogP contribution in [0.3, 0.4) is 0 Å². The lowest BCUT2D eigenvalue weighted by Crippen LogP contribution is -2.00. The molecule has 2 aromatic rings. The first-order valence-electron chi connectivity index (χ1n) is 5.88. The summed E-state index contributed by atoms with van der Waals surface area (Å²) in [6, 6.07) is 4.72. The van der Waals surface area contributed by atoms with E-state index in [-0.39, 0.29) is 5.69 Å². The van der Waals surface area contributed by atoms with E-state index in [1.807, 2.05) is 0 Å². The molecular weight excluding hydrogens is 272 g/mol. The van der Waals surface area contributed by atoms with Gasteiger partial charge in [-0.15, -0.1) is 0 Å². The van der Waals surface area contributed by atoms with E-state index in [4.69, 9.17) is 11.6 Å². The van der Waals surface area contributed by atoms with Crippen LogP contribution in [0.5, 0.6) is 0 Å².